The lowest BCUT2D eigenvalue weighted by atomic mass is 9.81. The van der Waals surface area contributed by atoms with E-state index in [1.165, 1.54) is 0 Å². The topological polar surface area (TPSA) is 17.1 Å². The summed E-state index contributed by atoms with van der Waals surface area (Å²) in [6.07, 6.45) is 1.95. The number of alkyl halides is 4. The van der Waals surface area contributed by atoms with E-state index in [9.17, 15) is 4.79 Å². The first-order valence-corrected chi connectivity index (χ1v) is 5.88. The predicted octanol–water partition coefficient (Wildman–Crippen LogP) is 3.56. The summed E-state index contributed by atoms with van der Waals surface area (Å²) in [6, 6.07) is 0. The van der Waals surface area contributed by atoms with Crippen LogP contribution in [0.2, 0.25) is 0 Å². The Morgan fingerprint density at radius 3 is 2.18 bits per heavy atom. The van der Waals surface area contributed by atoms with Gasteiger partial charge in [0, 0.05) is 12.8 Å². The number of hydrogen-bond acceptors (Lipinski definition) is 1. The van der Waals surface area contributed by atoms with Crippen molar-refractivity contribution in [1.29, 1.82) is 0 Å². The average molecular weight is 369 g/mol. The van der Waals surface area contributed by atoms with Crippen LogP contribution in [0, 0.1) is 0 Å². The lowest BCUT2D eigenvalue weighted by Crippen LogP contribution is -2.44. The van der Waals surface area contributed by atoms with Crippen LogP contribution >= 0.6 is 59.4 Å². The lowest BCUT2D eigenvalue weighted by Gasteiger charge is -2.36. The molecule has 0 amide bonds. The molecular weight excluding hydrogens is 363 g/mol. The standard InChI is InChI=1S/C6H6Br3ClO/c7-6(8,9)3-5(10)2-1-4(5)11/h1-3H2. The van der Waals surface area contributed by atoms with Gasteiger partial charge in [0.25, 0.3) is 0 Å². The second-order valence-corrected chi connectivity index (χ2v) is 10.7. The molecule has 1 nitrogen and oxygen atoms in total. The highest BCUT2D eigenvalue weighted by molar-refractivity contribution is 9.39. The summed E-state index contributed by atoms with van der Waals surface area (Å²) >= 11 is 15.9. The number of ketones is 1. The smallest absolute Gasteiger partial charge is 0.153 e. The number of hydrogen-bond donors (Lipinski definition) is 0. The largest absolute Gasteiger partial charge is 0.298 e. The second-order valence-electron chi connectivity index (χ2n) is 2.68. The summed E-state index contributed by atoms with van der Waals surface area (Å²) in [5, 5.41) is 0. The maximum Gasteiger partial charge on any atom is 0.153 e. The predicted molar refractivity (Wildman–Crippen MR) is 57.0 cm³/mol. The van der Waals surface area contributed by atoms with Crippen molar-refractivity contribution < 1.29 is 4.79 Å². The molecule has 0 heterocycles. The van der Waals surface area contributed by atoms with Crippen molar-refractivity contribution >= 4 is 65.2 Å². The number of halogens is 4. The van der Waals surface area contributed by atoms with Crippen LogP contribution in [-0.2, 0) is 4.79 Å². The van der Waals surface area contributed by atoms with E-state index in [1.807, 2.05) is 0 Å². The minimum absolute atomic E-state index is 0.141. The van der Waals surface area contributed by atoms with Crippen LogP contribution < -0.4 is 0 Å². The van der Waals surface area contributed by atoms with E-state index in [1.54, 1.807) is 0 Å². The van der Waals surface area contributed by atoms with E-state index in [0.717, 1.165) is 6.42 Å². The molecule has 0 spiro atoms. The molecule has 1 saturated carbocycles. The molecule has 1 unspecified atom stereocenters. The van der Waals surface area contributed by atoms with Gasteiger partial charge in [0.15, 0.2) is 5.78 Å². The van der Waals surface area contributed by atoms with Crippen LogP contribution in [0.1, 0.15) is 19.3 Å². The third-order valence-electron chi connectivity index (χ3n) is 1.73. The minimum Gasteiger partial charge on any atom is -0.298 e. The highest BCUT2D eigenvalue weighted by atomic mass is 80.0. The van der Waals surface area contributed by atoms with Crippen LogP contribution in [0.15, 0.2) is 0 Å². The molecule has 0 saturated heterocycles. The Bertz CT molecular complexity index is 189. The van der Waals surface area contributed by atoms with Crippen molar-refractivity contribution in [3.8, 4) is 0 Å². The Morgan fingerprint density at radius 1 is 1.55 bits per heavy atom. The summed E-state index contributed by atoms with van der Waals surface area (Å²) in [4.78, 5) is 10.4. The molecule has 5 heteroatoms. The quantitative estimate of drug-likeness (QED) is 0.646. The summed E-state index contributed by atoms with van der Waals surface area (Å²) in [7, 11) is 0. The van der Waals surface area contributed by atoms with Crippen LogP contribution in [0.4, 0.5) is 0 Å². The van der Waals surface area contributed by atoms with Crippen molar-refractivity contribution in [3.63, 3.8) is 0 Å². The number of Topliss-reactive ketones (excluding diaryl/α,β-unsaturated/α-hetero) is 1. The van der Waals surface area contributed by atoms with E-state index in [-0.39, 0.29) is 5.78 Å². The van der Waals surface area contributed by atoms with E-state index in [4.69, 9.17) is 11.6 Å². The first kappa shape index (κ1) is 10.5. The average Bonchev–Trinajstić information content (AvgIpc) is 1.81. The first-order valence-electron chi connectivity index (χ1n) is 3.12. The number of rotatable bonds is 1. The van der Waals surface area contributed by atoms with Gasteiger partial charge in [-0.3, -0.25) is 4.79 Å². The van der Waals surface area contributed by atoms with Gasteiger partial charge in [-0.2, -0.15) is 0 Å². The normalized spacial score (nSPS) is 31.8. The molecule has 0 aliphatic heterocycles. The molecule has 0 aromatic carbocycles. The fourth-order valence-corrected chi connectivity index (χ4v) is 3.31. The molecule has 0 aromatic heterocycles. The fraction of sp³-hybridized carbons (Fsp3) is 0.833. The molecule has 0 aromatic rings. The summed E-state index contributed by atoms with van der Waals surface area (Å²) < 4.78 is -0.398. The van der Waals surface area contributed by atoms with Crippen LogP contribution in [0.25, 0.3) is 0 Å². The molecular formula is C6H6Br3ClO. The Balaban J connectivity index is 2.55. The molecule has 0 radical (unpaired) electrons. The van der Waals surface area contributed by atoms with Crippen LogP contribution in [0.5, 0.6) is 0 Å². The lowest BCUT2D eigenvalue weighted by molar-refractivity contribution is -0.127. The zero-order valence-corrected chi connectivity index (χ0v) is 11.1. The molecule has 1 atom stereocenters. The zero-order valence-electron chi connectivity index (χ0n) is 5.54. The van der Waals surface area contributed by atoms with Gasteiger partial charge in [-0.05, 0) is 6.42 Å². The van der Waals surface area contributed by atoms with Gasteiger partial charge in [-0.15, -0.1) is 11.6 Å². The van der Waals surface area contributed by atoms with Crippen LogP contribution in [-0.4, -0.2) is 12.8 Å². The summed E-state index contributed by atoms with van der Waals surface area (Å²) in [6.45, 7) is 0. The number of carbonyl (C=O) groups is 1. The Labute approximate surface area is 95.6 Å². The van der Waals surface area contributed by atoms with Gasteiger partial charge >= 0.3 is 0 Å². The molecule has 1 fully saturated rings. The third-order valence-corrected chi connectivity index (χ3v) is 3.10. The van der Waals surface area contributed by atoms with Crippen molar-refractivity contribution in [3.05, 3.63) is 0 Å². The Kier molecular flexibility index (Phi) is 3.12. The van der Waals surface area contributed by atoms with E-state index >= 15 is 0 Å². The van der Waals surface area contributed by atoms with Gasteiger partial charge in [0.2, 0.25) is 0 Å². The molecule has 64 valence electrons. The van der Waals surface area contributed by atoms with Gasteiger partial charge in [-0.1, -0.05) is 47.8 Å². The third kappa shape index (κ3) is 2.68. The van der Waals surface area contributed by atoms with E-state index < -0.39 is 7.02 Å². The SMILES string of the molecule is O=C1CCC1(Cl)CC(Br)(Br)Br. The monoisotopic (exact) mass is 366 g/mol. The van der Waals surface area contributed by atoms with Crippen molar-refractivity contribution in [2.75, 3.05) is 0 Å². The molecule has 1 rings (SSSR count). The maximum absolute atomic E-state index is 11.0. The van der Waals surface area contributed by atoms with E-state index in [0.29, 0.717) is 12.8 Å². The van der Waals surface area contributed by atoms with E-state index in [2.05, 4.69) is 47.8 Å². The maximum atomic E-state index is 11.0. The number of carbonyl (C=O) groups excluding carboxylic acids is 1. The summed E-state index contributed by atoms with van der Waals surface area (Å²) in [5.41, 5.74) is 0. The highest BCUT2D eigenvalue weighted by Gasteiger charge is 2.47. The van der Waals surface area contributed by atoms with Crippen molar-refractivity contribution in [1.82, 2.24) is 0 Å². The molecule has 0 bridgehead atoms. The highest BCUT2D eigenvalue weighted by Crippen LogP contribution is 2.49. The molecule has 11 heavy (non-hydrogen) atoms. The summed E-state index contributed by atoms with van der Waals surface area (Å²) in [5.74, 6) is 0.141. The van der Waals surface area contributed by atoms with Gasteiger partial charge in [0.05, 0.1) is 0 Å². The van der Waals surface area contributed by atoms with Crippen LogP contribution in [0.3, 0.4) is 0 Å². The Morgan fingerprint density at radius 2 is 2.09 bits per heavy atom. The molecule has 0 N–H and O–H groups in total. The first-order chi connectivity index (χ1) is 4.83. The minimum atomic E-state index is -0.642. The van der Waals surface area contributed by atoms with Gasteiger partial charge in [-0.25, -0.2) is 0 Å². The second kappa shape index (κ2) is 3.28. The van der Waals surface area contributed by atoms with Crippen molar-refractivity contribution in [2.45, 2.75) is 26.3 Å². The zero-order chi connectivity index (χ0) is 8.70. The molecule has 1 aliphatic carbocycles. The fourth-order valence-electron chi connectivity index (χ4n) is 1.00. The Hall–Kier alpha value is 1.40. The molecule has 1 aliphatic rings. The van der Waals surface area contributed by atoms with Crippen molar-refractivity contribution in [2.24, 2.45) is 0 Å². The van der Waals surface area contributed by atoms with Gasteiger partial charge < -0.3 is 0 Å². The van der Waals surface area contributed by atoms with Gasteiger partial charge in [0.1, 0.15) is 7.02 Å².